The molecule has 2 aromatic rings. The fourth-order valence-electron chi connectivity index (χ4n) is 1.19. The third-order valence-electron chi connectivity index (χ3n) is 1.89. The summed E-state index contributed by atoms with van der Waals surface area (Å²) in [5.41, 5.74) is 0.761. The van der Waals surface area contributed by atoms with Crippen LogP contribution in [0.5, 0.6) is 0 Å². The lowest BCUT2D eigenvalue weighted by molar-refractivity contribution is 0.300. The highest BCUT2D eigenvalue weighted by Crippen LogP contribution is 2.27. The zero-order valence-corrected chi connectivity index (χ0v) is 9.12. The molecular formula is C11H9FN2OS. The number of aliphatic hydroxyl groups excluding tert-OH is 1. The number of aliphatic hydroxyl groups is 1. The maximum Gasteiger partial charge on any atom is 0.127 e. The molecule has 0 aliphatic rings. The average molecular weight is 236 g/mol. The van der Waals surface area contributed by atoms with E-state index in [-0.39, 0.29) is 0 Å². The molecule has 5 heteroatoms. The van der Waals surface area contributed by atoms with Crippen molar-refractivity contribution >= 4 is 17.4 Å². The first-order chi connectivity index (χ1) is 7.79. The molecule has 0 radical (unpaired) electrons. The molecule has 0 saturated heterocycles. The number of nitrogens with zero attached hydrogens (tertiary/aromatic N) is 2. The van der Waals surface area contributed by atoms with Crippen LogP contribution in [0.15, 0.2) is 36.6 Å². The van der Waals surface area contributed by atoms with Crippen LogP contribution in [-0.4, -0.2) is 21.7 Å². The van der Waals surface area contributed by atoms with Crippen molar-refractivity contribution in [2.75, 3.05) is 6.61 Å². The first kappa shape index (κ1) is 10.9. The number of hydrogen-bond acceptors (Lipinski definition) is 4. The van der Waals surface area contributed by atoms with Crippen LogP contribution in [0.4, 0.5) is 4.39 Å². The highest BCUT2D eigenvalue weighted by atomic mass is 32.1. The molecular weight excluding hydrogens is 227 g/mol. The van der Waals surface area contributed by atoms with Crippen molar-refractivity contribution in [1.82, 2.24) is 9.97 Å². The van der Waals surface area contributed by atoms with E-state index in [1.54, 1.807) is 24.7 Å². The molecule has 0 bridgehead atoms. The molecule has 0 fully saturated rings. The molecule has 0 aromatic carbocycles. The van der Waals surface area contributed by atoms with Gasteiger partial charge in [-0.15, -0.1) is 11.3 Å². The van der Waals surface area contributed by atoms with Gasteiger partial charge in [-0.3, -0.25) is 9.97 Å². The Kier molecular flexibility index (Phi) is 3.38. The Balaban J connectivity index is 2.27. The summed E-state index contributed by atoms with van der Waals surface area (Å²) in [6, 6.07) is 3.63. The monoisotopic (exact) mass is 236 g/mol. The van der Waals surface area contributed by atoms with Crippen molar-refractivity contribution in [3.05, 3.63) is 41.4 Å². The van der Waals surface area contributed by atoms with Crippen LogP contribution in [0.1, 0.15) is 4.88 Å². The normalized spacial score (nSPS) is 11.8. The molecule has 3 nitrogen and oxygen atoms in total. The summed E-state index contributed by atoms with van der Waals surface area (Å²) in [7, 11) is 0. The highest BCUT2D eigenvalue weighted by Gasteiger charge is 2.03. The van der Waals surface area contributed by atoms with E-state index in [1.165, 1.54) is 17.4 Å². The van der Waals surface area contributed by atoms with Gasteiger partial charge in [0, 0.05) is 17.3 Å². The first-order valence-corrected chi connectivity index (χ1v) is 5.44. The summed E-state index contributed by atoms with van der Waals surface area (Å²) in [5.74, 6) is -0.549. The Bertz CT molecular complexity index is 496. The standard InChI is InChI=1S/C11H9FN2OS/c12-8(7-15)5-9-1-2-11(16-9)10-6-13-3-4-14-10/h1-6,15H,7H2/b8-5-. The van der Waals surface area contributed by atoms with Crippen LogP contribution < -0.4 is 0 Å². The molecule has 2 aromatic heterocycles. The van der Waals surface area contributed by atoms with Gasteiger partial charge in [-0.05, 0) is 18.2 Å². The zero-order valence-electron chi connectivity index (χ0n) is 8.30. The van der Waals surface area contributed by atoms with Gasteiger partial charge in [0.15, 0.2) is 0 Å². The Morgan fingerprint density at radius 1 is 1.44 bits per heavy atom. The molecule has 0 unspecified atom stereocenters. The maximum atomic E-state index is 12.8. The summed E-state index contributed by atoms with van der Waals surface area (Å²) in [6.45, 7) is -0.571. The number of rotatable bonds is 3. The van der Waals surface area contributed by atoms with Gasteiger partial charge in [0.2, 0.25) is 0 Å². The third-order valence-corrected chi connectivity index (χ3v) is 2.95. The molecule has 82 valence electrons. The molecule has 0 amide bonds. The van der Waals surface area contributed by atoms with E-state index in [1.807, 2.05) is 6.07 Å². The van der Waals surface area contributed by atoms with Crippen molar-refractivity contribution in [2.24, 2.45) is 0 Å². The van der Waals surface area contributed by atoms with Crippen LogP contribution in [0.3, 0.4) is 0 Å². The van der Waals surface area contributed by atoms with Crippen molar-refractivity contribution < 1.29 is 9.50 Å². The summed E-state index contributed by atoms with van der Waals surface area (Å²) >= 11 is 1.40. The van der Waals surface area contributed by atoms with E-state index in [2.05, 4.69) is 9.97 Å². The lowest BCUT2D eigenvalue weighted by Crippen LogP contribution is -1.80. The summed E-state index contributed by atoms with van der Waals surface area (Å²) < 4.78 is 12.8. The van der Waals surface area contributed by atoms with E-state index >= 15 is 0 Å². The minimum atomic E-state index is -0.571. The van der Waals surface area contributed by atoms with E-state index in [0.717, 1.165) is 15.4 Å². The highest BCUT2D eigenvalue weighted by molar-refractivity contribution is 7.16. The molecule has 2 rings (SSSR count). The Morgan fingerprint density at radius 2 is 2.31 bits per heavy atom. The fraction of sp³-hybridized carbons (Fsp3) is 0.0909. The SMILES string of the molecule is OC/C(F)=C/c1ccc(-c2cnccn2)s1. The number of hydrogen-bond donors (Lipinski definition) is 1. The predicted octanol–water partition coefficient (Wildman–Crippen LogP) is 2.51. The van der Waals surface area contributed by atoms with Crippen LogP contribution in [0.25, 0.3) is 16.6 Å². The summed E-state index contributed by atoms with van der Waals surface area (Å²) in [5, 5.41) is 8.56. The second-order valence-corrected chi connectivity index (χ2v) is 4.16. The van der Waals surface area contributed by atoms with Gasteiger partial charge in [0.05, 0.1) is 23.4 Å². The van der Waals surface area contributed by atoms with E-state index < -0.39 is 12.4 Å². The van der Waals surface area contributed by atoms with Crippen LogP contribution >= 0.6 is 11.3 Å². The van der Waals surface area contributed by atoms with E-state index in [0.29, 0.717) is 0 Å². The molecule has 0 spiro atoms. The Labute approximate surface area is 95.9 Å². The van der Waals surface area contributed by atoms with Gasteiger partial charge in [0.1, 0.15) is 5.83 Å². The quantitative estimate of drug-likeness (QED) is 0.890. The molecule has 2 heterocycles. The predicted molar refractivity (Wildman–Crippen MR) is 61.5 cm³/mol. The lowest BCUT2D eigenvalue weighted by Gasteiger charge is -1.92. The van der Waals surface area contributed by atoms with Crippen LogP contribution in [0.2, 0.25) is 0 Å². The number of aromatic nitrogens is 2. The van der Waals surface area contributed by atoms with E-state index in [9.17, 15) is 4.39 Å². The largest absolute Gasteiger partial charge is 0.389 e. The van der Waals surface area contributed by atoms with Crippen molar-refractivity contribution in [1.29, 1.82) is 0 Å². The molecule has 0 aliphatic heterocycles. The first-order valence-electron chi connectivity index (χ1n) is 4.63. The second-order valence-electron chi connectivity index (χ2n) is 3.04. The molecule has 16 heavy (non-hydrogen) atoms. The van der Waals surface area contributed by atoms with Crippen LogP contribution in [-0.2, 0) is 0 Å². The van der Waals surface area contributed by atoms with Crippen molar-refractivity contribution in [3.8, 4) is 10.6 Å². The average Bonchev–Trinajstić information content (AvgIpc) is 2.78. The second kappa shape index (κ2) is 4.96. The van der Waals surface area contributed by atoms with Crippen molar-refractivity contribution in [2.45, 2.75) is 0 Å². The smallest absolute Gasteiger partial charge is 0.127 e. The molecule has 0 atom stereocenters. The third kappa shape index (κ3) is 2.50. The summed E-state index contributed by atoms with van der Waals surface area (Å²) in [4.78, 5) is 9.77. The van der Waals surface area contributed by atoms with Gasteiger partial charge >= 0.3 is 0 Å². The minimum Gasteiger partial charge on any atom is -0.389 e. The number of thiophene rings is 1. The topological polar surface area (TPSA) is 46.0 Å². The molecule has 0 saturated carbocycles. The zero-order chi connectivity index (χ0) is 11.4. The van der Waals surface area contributed by atoms with Crippen LogP contribution in [0, 0.1) is 0 Å². The van der Waals surface area contributed by atoms with Gasteiger partial charge < -0.3 is 5.11 Å². The Hall–Kier alpha value is -1.59. The molecule has 0 aliphatic carbocycles. The van der Waals surface area contributed by atoms with Crippen molar-refractivity contribution in [3.63, 3.8) is 0 Å². The summed E-state index contributed by atoms with van der Waals surface area (Å²) in [6.07, 6.45) is 6.18. The lowest BCUT2D eigenvalue weighted by atomic mass is 10.3. The van der Waals surface area contributed by atoms with Gasteiger partial charge in [0.25, 0.3) is 0 Å². The van der Waals surface area contributed by atoms with Gasteiger partial charge in [-0.25, -0.2) is 4.39 Å². The van der Waals surface area contributed by atoms with Gasteiger partial charge in [-0.1, -0.05) is 0 Å². The maximum absolute atomic E-state index is 12.8. The minimum absolute atomic E-state index is 0.549. The van der Waals surface area contributed by atoms with E-state index in [4.69, 9.17) is 5.11 Å². The van der Waals surface area contributed by atoms with Gasteiger partial charge in [-0.2, -0.15) is 0 Å². The fourth-order valence-corrected chi connectivity index (χ4v) is 2.12. The Morgan fingerprint density at radius 3 is 3.00 bits per heavy atom. The number of halogens is 1. The molecule has 1 N–H and O–H groups in total.